The van der Waals surface area contributed by atoms with Crippen molar-refractivity contribution in [2.45, 2.75) is 58.8 Å². The zero-order valence-electron chi connectivity index (χ0n) is 13.0. The van der Waals surface area contributed by atoms with Gasteiger partial charge in [0.25, 0.3) is 5.91 Å². The molecule has 1 aromatic rings. The second-order valence-electron chi connectivity index (χ2n) is 5.14. The lowest BCUT2D eigenvalue weighted by atomic mass is 10.1. The summed E-state index contributed by atoms with van der Waals surface area (Å²) in [5, 5.41) is 12.7. The normalized spacial score (nSPS) is 13.9. The van der Waals surface area contributed by atoms with Crippen molar-refractivity contribution in [3.8, 4) is 5.75 Å². The van der Waals surface area contributed by atoms with E-state index >= 15 is 0 Å². The van der Waals surface area contributed by atoms with E-state index < -0.39 is 12.2 Å². The monoisotopic (exact) mass is 357 g/mol. The summed E-state index contributed by atoms with van der Waals surface area (Å²) in [7, 11) is 0. The molecule has 21 heavy (non-hydrogen) atoms. The fourth-order valence-electron chi connectivity index (χ4n) is 2.01. The standard InChI is InChI=1S/C16H24BrNO3/c1-5-13(6-2)18-16(20)11(4)21-15-9-12(17)7-8-14(15)10(3)19/h7-11,13,19H,5-6H2,1-4H3,(H,18,20)/t10-,11?/m1/s1. The Bertz CT molecular complexity index is 473. The summed E-state index contributed by atoms with van der Waals surface area (Å²) in [4.78, 5) is 12.1. The predicted octanol–water partition coefficient (Wildman–Crippen LogP) is 3.57. The molecule has 0 heterocycles. The Morgan fingerprint density at radius 1 is 1.33 bits per heavy atom. The number of carbonyl (C=O) groups is 1. The topological polar surface area (TPSA) is 58.6 Å². The molecule has 0 aliphatic rings. The number of amides is 1. The van der Waals surface area contributed by atoms with Crippen molar-refractivity contribution in [3.05, 3.63) is 28.2 Å². The van der Waals surface area contributed by atoms with Crippen molar-refractivity contribution in [1.82, 2.24) is 5.32 Å². The van der Waals surface area contributed by atoms with Gasteiger partial charge in [-0.05, 0) is 38.8 Å². The highest BCUT2D eigenvalue weighted by molar-refractivity contribution is 9.10. The van der Waals surface area contributed by atoms with Crippen LogP contribution in [-0.2, 0) is 4.79 Å². The summed E-state index contributed by atoms with van der Waals surface area (Å²) in [6.45, 7) is 7.47. The van der Waals surface area contributed by atoms with Crippen molar-refractivity contribution < 1.29 is 14.6 Å². The lowest BCUT2D eigenvalue weighted by Crippen LogP contribution is -2.42. The third-order valence-corrected chi connectivity index (χ3v) is 3.92. The van der Waals surface area contributed by atoms with Crippen LogP contribution >= 0.6 is 15.9 Å². The van der Waals surface area contributed by atoms with Gasteiger partial charge < -0.3 is 15.2 Å². The van der Waals surface area contributed by atoms with Crippen molar-refractivity contribution >= 4 is 21.8 Å². The van der Waals surface area contributed by atoms with Gasteiger partial charge >= 0.3 is 0 Å². The van der Waals surface area contributed by atoms with E-state index in [0.29, 0.717) is 11.3 Å². The number of aliphatic hydroxyl groups is 1. The van der Waals surface area contributed by atoms with E-state index in [2.05, 4.69) is 21.2 Å². The first kappa shape index (κ1) is 18.0. The van der Waals surface area contributed by atoms with E-state index in [1.165, 1.54) is 0 Å². The molecule has 118 valence electrons. The third kappa shape index (κ3) is 5.32. The van der Waals surface area contributed by atoms with E-state index in [0.717, 1.165) is 17.3 Å². The molecule has 0 aromatic heterocycles. The van der Waals surface area contributed by atoms with Crippen LogP contribution in [0, 0.1) is 0 Å². The Labute approximate surface area is 135 Å². The van der Waals surface area contributed by atoms with Gasteiger partial charge in [0.1, 0.15) is 5.75 Å². The molecule has 2 atom stereocenters. The van der Waals surface area contributed by atoms with Crippen molar-refractivity contribution in [3.63, 3.8) is 0 Å². The highest BCUT2D eigenvalue weighted by atomic mass is 79.9. The molecular weight excluding hydrogens is 334 g/mol. The fourth-order valence-corrected chi connectivity index (χ4v) is 2.35. The van der Waals surface area contributed by atoms with Gasteiger partial charge in [-0.25, -0.2) is 0 Å². The number of benzene rings is 1. The van der Waals surface area contributed by atoms with Gasteiger partial charge in [-0.15, -0.1) is 0 Å². The largest absolute Gasteiger partial charge is 0.480 e. The maximum atomic E-state index is 12.1. The van der Waals surface area contributed by atoms with E-state index in [4.69, 9.17) is 4.74 Å². The van der Waals surface area contributed by atoms with Crippen LogP contribution in [-0.4, -0.2) is 23.2 Å². The van der Waals surface area contributed by atoms with Crippen LogP contribution < -0.4 is 10.1 Å². The van der Waals surface area contributed by atoms with Crippen LogP contribution in [0.2, 0.25) is 0 Å². The maximum absolute atomic E-state index is 12.1. The number of hydrogen-bond donors (Lipinski definition) is 2. The summed E-state index contributed by atoms with van der Waals surface area (Å²) in [6.07, 6.45) is 0.523. The number of nitrogens with one attached hydrogen (secondary N) is 1. The van der Waals surface area contributed by atoms with E-state index in [9.17, 15) is 9.90 Å². The molecule has 4 nitrogen and oxygen atoms in total. The summed E-state index contributed by atoms with van der Waals surface area (Å²) in [5.74, 6) is 0.381. The van der Waals surface area contributed by atoms with Crippen molar-refractivity contribution in [2.24, 2.45) is 0 Å². The molecule has 1 unspecified atom stereocenters. The number of ether oxygens (including phenoxy) is 1. The second-order valence-corrected chi connectivity index (χ2v) is 6.06. The minimum Gasteiger partial charge on any atom is -0.480 e. The minimum absolute atomic E-state index is 0.139. The quantitative estimate of drug-likeness (QED) is 0.783. The molecule has 2 N–H and O–H groups in total. The SMILES string of the molecule is CCC(CC)NC(=O)C(C)Oc1cc(Br)ccc1[C@@H](C)O. The average molecular weight is 358 g/mol. The van der Waals surface area contributed by atoms with Gasteiger partial charge in [-0.2, -0.15) is 0 Å². The first-order chi connectivity index (χ1) is 9.88. The third-order valence-electron chi connectivity index (χ3n) is 3.43. The number of aliphatic hydroxyl groups excluding tert-OH is 1. The van der Waals surface area contributed by atoms with Crippen molar-refractivity contribution in [2.75, 3.05) is 0 Å². The average Bonchev–Trinajstić information content (AvgIpc) is 2.44. The van der Waals surface area contributed by atoms with Crippen LogP contribution in [0.3, 0.4) is 0 Å². The first-order valence-electron chi connectivity index (χ1n) is 7.33. The molecular formula is C16H24BrNO3. The summed E-state index contributed by atoms with van der Waals surface area (Å²) in [5.41, 5.74) is 0.667. The summed E-state index contributed by atoms with van der Waals surface area (Å²) < 4.78 is 6.58. The number of rotatable bonds is 7. The molecule has 5 heteroatoms. The Kier molecular flexibility index (Phi) is 7.18. The molecule has 0 radical (unpaired) electrons. The van der Waals surface area contributed by atoms with Crippen molar-refractivity contribution in [1.29, 1.82) is 0 Å². The highest BCUT2D eigenvalue weighted by Crippen LogP contribution is 2.29. The molecule has 0 saturated carbocycles. The summed E-state index contributed by atoms with van der Waals surface area (Å²) >= 11 is 3.37. The van der Waals surface area contributed by atoms with Gasteiger partial charge in [0, 0.05) is 16.1 Å². The Balaban J connectivity index is 2.80. The molecule has 1 amide bonds. The van der Waals surface area contributed by atoms with Gasteiger partial charge in [0.15, 0.2) is 6.10 Å². The first-order valence-corrected chi connectivity index (χ1v) is 8.12. The molecule has 1 aromatic carbocycles. The number of hydrogen-bond acceptors (Lipinski definition) is 3. The zero-order chi connectivity index (χ0) is 16.0. The van der Waals surface area contributed by atoms with Crippen LogP contribution in [0.4, 0.5) is 0 Å². The molecule has 0 saturated heterocycles. The van der Waals surface area contributed by atoms with Crippen LogP contribution in [0.15, 0.2) is 22.7 Å². The number of halogens is 1. The minimum atomic E-state index is -0.651. The molecule has 0 spiro atoms. The Morgan fingerprint density at radius 2 is 1.95 bits per heavy atom. The molecule has 1 rings (SSSR count). The van der Waals surface area contributed by atoms with Gasteiger partial charge in [0.05, 0.1) is 6.10 Å². The van der Waals surface area contributed by atoms with E-state index in [1.807, 2.05) is 19.9 Å². The van der Waals surface area contributed by atoms with E-state index in [-0.39, 0.29) is 11.9 Å². The zero-order valence-corrected chi connectivity index (χ0v) is 14.6. The van der Waals surface area contributed by atoms with Gasteiger partial charge in [-0.3, -0.25) is 4.79 Å². The molecule has 0 aliphatic heterocycles. The summed E-state index contributed by atoms with van der Waals surface area (Å²) in [6, 6.07) is 5.56. The lowest BCUT2D eigenvalue weighted by molar-refractivity contribution is -0.128. The van der Waals surface area contributed by atoms with Crippen LogP contribution in [0.5, 0.6) is 5.75 Å². The Hall–Kier alpha value is -1.07. The molecule has 0 bridgehead atoms. The Morgan fingerprint density at radius 3 is 2.48 bits per heavy atom. The lowest BCUT2D eigenvalue weighted by Gasteiger charge is -2.21. The van der Waals surface area contributed by atoms with Gasteiger partial charge in [0.2, 0.25) is 0 Å². The van der Waals surface area contributed by atoms with Gasteiger partial charge in [-0.1, -0.05) is 35.8 Å². The maximum Gasteiger partial charge on any atom is 0.260 e. The number of carbonyl (C=O) groups excluding carboxylic acids is 1. The predicted molar refractivity (Wildman–Crippen MR) is 87.4 cm³/mol. The fraction of sp³-hybridized carbons (Fsp3) is 0.562. The second kappa shape index (κ2) is 8.39. The van der Waals surface area contributed by atoms with E-state index in [1.54, 1.807) is 26.0 Å². The highest BCUT2D eigenvalue weighted by Gasteiger charge is 2.19. The van der Waals surface area contributed by atoms with Crippen LogP contribution in [0.25, 0.3) is 0 Å². The smallest absolute Gasteiger partial charge is 0.260 e. The molecule has 0 aliphatic carbocycles. The molecule has 0 fully saturated rings. The van der Waals surface area contributed by atoms with Crippen LogP contribution in [0.1, 0.15) is 52.2 Å².